The Balaban J connectivity index is 1.43. The summed E-state index contributed by atoms with van der Waals surface area (Å²) in [5, 5.41) is 8.42. The molecule has 1 aliphatic rings. The molecule has 5 nitrogen and oxygen atoms in total. The van der Waals surface area contributed by atoms with E-state index < -0.39 is 0 Å². The van der Waals surface area contributed by atoms with Crippen LogP contribution in [0.2, 0.25) is 5.02 Å². The lowest BCUT2D eigenvalue weighted by molar-refractivity contribution is 0.589. The van der Waals surface area contributed by atoms with Gasteiger partial charge in [-0.15, -0.1) is 0 Å². The molecule has 0 bridgehead atoms. The highest BCUT2D eigenvalue weighted by Crippen LogP contribution is 2.30. The molecule has 1 aliphatic heterocycles. The maximum atomic E-state index is 6.20. The van der Waals surface area contributed by atoms with Gasteiger partial charge in [-0.1, -0.05) is 41.9 Å². The molecule has 5 rings (SSSR count). The van der Waals surface area contributed by atoms with Crippen molar-refractivity contribution < 1.29 is 0 Å². The maximum Gasteiger partial charge on any atom is 0.227 e. The number of hydrogen-bond donors (Lipinski definition) is 2. The zero-order valence-corrected chi connectivity index (χ0v) is 17.2. The maximum absolute atomic E-state index is 6.20. The minimum Gasteiger partial charge on any atom is -0.369 e. The average Bonchev–Trinajstić information content (AvgIpc) is 2.80. The highest BCUT2D eigenvalue weighted by molar-refractivity contribution is 6.30. The topological polar surface area (TPSA) is 53.1 Å². The predicted molar refractivity (Wildman–Crippen MR) is 125 cm³/mol. The number of rotatable bonds is 4. The molecule has 6 heteroatoms. The standard InChI is InChI=1S/C24H22ClN5/c25-19-5-1-3-17(15-19)22-6-2-4-18-16-27-24(29-23(18)22)28-20-7-9-21(10-8-20)30-13-11-26-12-14-30/h1-10,15-16,26H,11-14H2,(H,27,28,29). The highest BCUT2D eigenvalue weighted by Gasteiger charge is 2.11. The lowest BCUT2D eigenvalue weighted by Gasteiger charge is -2.29. The first-order valence-electron chi connectivity index (χ1n) is 10.1. The molecule has 0 amide bonds. The smallest absolute Gasteiger partial charge is 0.227 e. The second-order valence-corrected chi connectivity index (χ2v) is 7.79. The Morgan fingerprint density at radius 2 is 1.73 bits per heavy atom. The van der Waals surface area contributed by atoms with Gasteiger partial charge in [0.25, 0.3) is 0 Å². The van der Waals surface area contributed by atoms with E-state index in [0.29, 0.717) is 11.0 Å². The molecule has 0 aliphatic carbocycles. The van der Waals surface area contributed by atoms with E-state index in [4.69, 9.17) is 16.6 Å². The van der Waals surface area contributed by atoms with Crippen molar-refractivity contribution in [3.8, 4) is 11.1 Å². The van der Waals surface area contributed by atoms with Gasteiger partial charge in [0.15, 0.2) is 0 Å². The van der Waals surface area contributed by atoms with Gasteiger partial charge >= 0.3 is 0 Å². The Morgan fingerprint density at radius 3 is 2.53 bits per heavy atom. The van der Waals surface area contributed by atoms with E-state index in [-0.39, 0.29) is 0 Å². The van der Waals surface area contributed by atoms with Crippen LogP contribution in [0.5, 0.6) is 0 Å². The zero-order valence-electron chi connectivity index (χ0n) is 16.5. The quantitative estimate of drug-likeness (QED) is 0.485. The third-order valence-corrected chi connectivity index (χ3v) is 5.59. The monoisotopic (exact) mass is 415 g/mol. The first kappa shape index (κ1) is 18.9. The van der Waals surface area contributed by atoms with E-state index in [1.807, 2.05) is 42.6 Å². The van der Waals surface area contributed by atoms with Crippen molar-refractivity contribution in [3.63, 3.8) is 0 Å². The summed E-state index contributed by atoms with van der Waals surface area (Å²) in [6.07, 6.45) is 1.85. The van der Waals surface area contributed by atoms with Gasteiger partial charge in [0.05, 0.1) is 5.52 Å². The van der Waals surface area contributed by atoms with Crippen molar-refractivity contribution in [2.75, 3.05) is 36.4 Å². The zero-order chi connectivity index (χ0) is 20.3. The van der Waals surface area contributed by atoms with E-state index in [0.717, 1.165) is 53.9 Å². The summed E-state index contributed by atoms with van der Waals surface area (Å²) in [6.45, 7) is 4.12. The predicted octanol–water partition coefficient (Wildman–Crippen LogP) is 5.10. The van der Waals surface area contributed by atoms with Gasteiger partial charge in [0, 0.05) is 59.7 Å². The van der Waals surface area contributed by atoms with Crippen LogP contribution in [0.15, 0.2) is 72.9 Å². The number of nitrogens with one attached hydrogen (secondary N) is 2. The second kappa shape index (κ2) is 8.30. The number of aromatic nitrogens is 2. The summed E-state index contributed by atoms with van der Waals surface area (Å²) in [5.41, 5.74) is 5.18. The van der Waals surface area contributed by atoms with Crippen molar-refractivity contribution in [3.05, 3.63) is 77.9 Å². The minimum atomic E-state index is 0.576. The molecule has 4 aromatic rings. The Morgan fingerprint density at radius 1 is 0.933 bits per heavy atom. The van der Waals surface area contributed by atoms with E-state index in [9.17, 15) is 0 Å². The van der Waals surface area contributed by atoms with Gasteiger partial charge in [-0.3, -0.25) is 0 Å². The summed E-state index contributed by atoms with van der Waals surface area (Å²) in [6, 6.07) is 22.4. The molecule has 0 spiro atoms. The third kappa shape index (κ3) is 3.95. The number of halogens is 1. The number of benzene rings is 3. The van der Waals surface area contributed by atoms with Crippen molar-refractivity contribution >= 4 is 39.8 Å². The fourth-order valence-corrected chi connectivity index (χ4v) is 4.00. The molecule has 0 atom stereocenters. The van der Waals surface area contributed by atoms with Crippen molar-refractivity contribution in [2.24, 2.45) is 0 Å². The van der Waals surface area contributed by atoms with Crippen LogP contribution in [0.25, 0.3) is 22.0 Å². The number of nitrogens with zero attached hydrogens (tertiary/aromatic N) is 3. The lowest BCUT2D eigenvalue weighted by Crippen LogP contribution is -2.43. The molecule has 1 saturated heterocycles. The van der Waals surface area contributed by atoms with Crippen molar-refractivity contribution in [1.82, 2.24) is 15.3 Å². The van der Waals surface area contributed by atoms with Crippen LogP contribution in [0.3, 0.4) is 0 Å². The first-order valence-corrected chi connectivity index (χ1v) is 10.5. The van der Waals surface area contributed by atoms with Gasteiger partial charge in [0.2, 0.25) is 5.95 Å². The summed E-state index contributed by atoms with van der Waals surface area (Å²) < 4.78 is 0. The highest BCUT2D eigenvalue weighted by atomic mass is 35.5. The molecule has 30 heavy (non-hydrogen) atoms. The van der Waals surface area contributed by atoms with Gasteiger partial charge in [-0.05, 0) is 42.0 Å². The van der Waals surface area contributed by atoms with Gasteiger partial charge in [0.1, 0.15) is 0 Å². The molecule has 2 heterocycles. The Hall–Kier alpha value is -3.15. The Kier molecular flexibility index (Phi) is 5.22. The van der Waals surface area contributed by atoms with E-state index in [1.54, 1.807) is 0 Å². The largest absolute Gasteiger partial charge is 0.369 e. The normalized spacial score (nSPS) is 14.1. The van der Waals surface area contributed by atoms with Crippen LogP contribution in [0.4, 0.5) is 17.3 Å². The van der Waals surface area contributed by atoms with Crippen LogP contribution in [0, 0.1) is 0 Å². The van der Waals surface area contributed by atoms with Gasteiger partial charge in [-0.25, -0.2) is 9.97 Å². The number of para-hydroxylation sites is 1. The minimum absolute atomic E-state index is 0.576. The van der Waals surface area contributed by atoms with E-state index in [2.05, 4.69) is 50.8 Å². The van der Waals surface area contributed by atoms with Crippen molar-refractivity contribution in [1.29, 1.82) is 0 Å². The number of fused-ring (bicyclic) bond motifs is 1. The molecule has 0 radical (unpaired) electrons. The first-order chi connectivity index (χ1) is 14.8. The average molecular weight is 416 g/mol. The molecular weight excluding hydrogens is 394 g/mol. The fraction of sp³-hybridized carbons (Fsp3) is 0.167. The number of anilines is 3. The van der Waals surface area contributed by atoms with Crippen LogP contribution in [-0.4, -0.2) is 36.1 Å². The van der Waals surface area contributed by atoms with Crippen molar-refractivity contribution in [2.45, 2.75) is 0 Å². The SMILES string of the molecule is Clc1cccc(-c2cccc3cnc(Nc4ccc(N5CCNCC5)cc4)nc23)c1. The molecule has 0 unspecified atom stereocenters. The number of hydrogen-bond acceptors (Lipinski definition) is 5. The molecule has 1 aromatic heterocycles. The van der Waals surface area contributed by atoms with Crippen LogP contribution in [-0.2, 0) is 0 Å². The van der Waals surface area contributed by atoms with Gasteiger partial charge < -0.3 is 15.5 Å². The molecule has 150 valence electrons. The summed E-state index contributed by atoms with van der Waals surface area (Å²) in [4.78, 5) is 11.7. The number of piperazine rings is 1. The van der Waals surface area contributed by atoms with Crippen LogP contribution >= 0.6 is 11.6 Å². The lowest BCUT2D eigenvalue weighted by atomic mass is 10.0. The molecule has 0 saturated carbocycles. The molecule has 2 N–H and O–H groups in total. The summed E-state index contributed by atoms with van der Waals surface area (Å²) in [5.74, 6) is 0.576. The Bertz CT molecular complexity index is 1170. The fourth-order valence-electron chi connectivity index (χ4n) is 3.81. The third-order valence-electron chi connectivity index (χ3n) is 5.35. The second-order valence-electron chi connectivity index (χ2n) is 7.36. The van der Waals surface area contributed by atoms with E-state index in [1.165, 1.54) is 5.69 Å². The summed E-state index contributed by atoms with van der Waals surface area (Å²) in [7, 11) is 0. The summed E-state index contributed by atoms with van der Waals surface area (Å²) >= 11 is 6.20. The van der Waals surface area contributed by atoms with Crippen LogP contribution < -0.4 is 15.5 Å². The van der Waals surface area contributed by atoms with Crippen LogP contribution in [0.1, 0.15) is 0 Å². The molecule has 1 fully saturated rings. The van der Waals surface area contributed by atoms with E-state index >= 15 is 0 Å². The Labute approximate surface area is 180 Å². The molecule has 3 aromatic carbocycles. The molecular formula is C24H22ClN5. The van der Waals surface area contributed by atoms with Gasteiger partial charge in [-0.2, -0.15) is 0 Å².